The van der Waals surface area contributed by atoms with E-state index in [4.69, 9.17) is 4.74 Å². The normalized spacial score (nSPS) is 10.4. The summed E-state index contributed by atoms with van der Waals surface area (Å²) >= 11 is 0. The second-order valence-electron chi connectivity index (χ2n) is 4.42. The molecule has 0 saturated heterocycles. The van der Waals surface area contributed by atoms with Gasteiger partial charge in [0.05, 0.1) is 16.8 Å². The minimum Gasteiger partial charge on any atom is -0.385 e. The molecular weight excluding hydrogens is 238 g/mol. The van der Waals surface area contributed by atoms with E-state index in [1.165, 1.54) is 0 Å². The third-order valence-corrected chi connectivity index (χ3v) is 3.09. The Balaban J connectivity index is 2.41. The summed E-state index contributed by atoms with van der Waals surface area (Å²) in [4.78, 5) is 6.42. The maximum absolute atomic E-state index is 9.26. The Kier molecular flexibility index (Phi) is 4.32. The molecule has 1 aromatic carbocycles. The van der Waals surface area contributed by atoms with Crippen molar-refractivity contribution in [2.75, 3.05) is 32.2 Å². The van der Waals surface area contributed by atoms with Gasteiger partial charge in [0.25, 0.3) is 0 Å². The maximum Gasteiger partial charge on any atom is 0.103 e. The predicted molar refractivity (Wildman–Crippen MR) is 76.2 cm³/mol. The lowest BCUT2D eigenvalue weighted by molar-refractivity contribution is 0.196. The van der Waals surface area contributed by atoms with E-state index >= 15 is 0 Å². The van der Waals surface area contributed by atoms with Crippen LogP contribution in [0.25, 0.3) is 10.9 Å². The molecule has 1 aromatic heterocycles. The molecule has 0 aliphatic rings. The molecule has 0 saturated carbocycles. The van der Waals surface area contributed by atoms with Crippen molar-refractivity contribution in [1.29, 1.82) is 5.26 Å². The van der Waals surface area contributed by atoms with Crippen LogP contribution in [0.2, 0.25) is 0 Å². The topological polar surface area (TPSA) is 49.1 Å². The Morgan fingerprint density at radius 2 is 2.16 bits per heavy atom. The second-order valence-corrected chi connectivity index (χ2v) is 4.42. The zero-order valence-corrected chi connectivity index (χ0v) is 11.3. The molecule has 0 amide bonds. The number of rotatable bonds is 5. The third kappa shape index (κ3) is 2.83. The highest BCUT2D eigenvalue weighted by Gasteiger charge is 2.12. The molecule has 0 N–H and O–H groups in total. The van der Waals surface area contributed by atoms with Crippen LogP contribution in [0.1, 0.15) is 12.0 Å². The SMILES string of the molecule is COCCCN(C)c1c(C#N)cnc2ccccc12. The fourth-order valence-electron chi connectivity index (χ4n) is 2.18. The molecule has 0 fully saturated rings. The van der Waals surface area contributed by atoms with Crippen molar-refractivity contribution >= 4 is 16.6 Å². The lowest BCUT2D eigenvalue weighted by Crippen LogP contribution is -2.21. The molecule has 0 aliphatic carbocycles. The molecule has 4 heteroatoms. The second kappa shape index (κ2) is 6.17. The summed E-state index contributed by atoms with van der Waals surface area (Å²) in [6, 6.07) is 10.1. The number of benzene rings is 1. The van der Waals surface area contributed by atoms with Gasteiger partial charge < -0.3 is 9.64 Å². The van der Waals surface area contributed by atoms with Gasteiger partial charge in [0.1, 0.15) is 6.07 Å². The van der Waals surface area contributed by atoms with E-state index < -0.39 is 0 Å². The number of ether oxygens (including phenoxy) is 1. The first-order valence-corrected chi connectivity index (χ1v) is 6.26. The molecule has 2 rings (SSSR count). The quantitative estimate of drug-likeness (QED) is 0.770. The van der Waals surface area contributed by atoms with Crippen LogP contribution in [0, 0.1) is 11.3 Å². The highest BCUT2D eigenvalue weighted by atomic mass is 16.5. The molecule has 98 valence electrons. The first-order chi connectivity index (χ1) is 9.27. The van der Waals surface area contributed by atoms with Crippen LogP contribution in [0.3, 0.4) is 0 Å². The average Bonchev–Trinajstić information content (AvgIpc) is 2.46. The van der Waals surface area contributed by atoms with Gasteiger partial charge in [0.15, 0.2) is 0 Å². The summed E-state index contributed by atoms with van der Waals surface area (Å²) in [6.07, 6.45) is 2.57. The molecule has 0 bridgehead atoms. The van der Waals surface area contributed by atoms with E-state index in [1.54, 1.807) is 13.3 Å². The summed E-state index contributed by atoms with van der Waals surface area (Å²) in [6.45, 7) is 1.56. The molecule has 0 aliphatic heterocycles. The standard InChI is InChI=1S/C15H17N3O/c1-18(8-5-9-19-2)15-12(10-16)11-17-14-7-4-3-6-13(14)15/h3-4,6-7,11H,5,8-9H2,1-2H3. The molecule has 19 heavy (non-hydrogen) atoms. The van der Waals surface area contributed by atoms with Crippen LogP contribution in [0.4, 0.5) is 5.69 Å². The first-order valence-electron chi connectivity index (χ1n) is 6.26. The summed E-state index contributed by atoms with van der Waals surface area (Å²) in [5.41, 5.74) is 2.47. The highest BCUT2D eigenvalue weighted by Crippen LogP contribution is 2.28. The Labute approximate surface area is 113 Å². The number of pyridine rings is 1. The van der Waals surface area contributed by atoms with Gasteiger partial charge in [-0.25, -0.2) is 0 Å². The summed E-state index contributed by atoms with van der Waals surface area (Å²) < 4.78 is 5.07. The number of methoxy groups -OCH3 is 1. The molecule has 0 radical (unpaired) electrons. The zero-order chi connectivity index (χ0) is 13.7. The predicted octanol–water partition coefficient (Wildman–Crippen LogP) is 2.58. The van der Waals surface area contributed by atoms with Crippen molar-refractivity contribution in [3.05, 3.63) is 36.0 Å². The van der Waals surface area contributed by atoms with E-state index in [9.17, 15) is 5.26 Å². The Hall–Kier alpha value is -2.12. The van der Waals surface area contributed by atoms with Crippen LogP contribution in [-0.4, -0.2) is 32.3 Å². The van der Waals surface area contributed by atoms with Crippen LogP contribution < -0.4 is 4.90 Å². The van der Waals surface area contributed by atoms with Crippen molar-refractivity contribution in [2.45, 2.75) is 6.42 Å². The largest absolute Gasteiger partial charge is 0.385 e. The summed E-state index contributed by atoms with van der Waals surface area (Å²) in [7, 11) is 3.70. The Morgan fingerprint density at radius 3 is 2.89 bits per heavy atom. The fourth-order valence-corrected chi connectivity index (χ4v) is 2.18. The van der Waals surface area contributed by atoms with E-state index in [0.717, 1.165) is 36.2 Å². The van der Waals surface area contributed by atoms with Gasteiger partial charge in [-0.05, 0) is 12.5 Å². The van der Waals surface area contributed by atoms with E-state index in [1.807, 2.05) is 31.3 Å². The van der Waals surface area contributed by atoms with E-state index in [-0.39, 0.29) is 0 Å². The van der Waals surface area contributed by atoms with Crippen LogP contribution in [-0.2, 0) is 4.74 Å². The number of nitriles is 1. The molecule has 2 aromatic rings. The van der Waals surface area contributed by atoms with Crippen molar-refractivity contribution in [2.24, 2.45) is 0 Å². The van der Waals surface area contributed by atoms with E-state index in [0.29, 0.717) is 5.56 Å². The zero-order valence-electron chi connectivity index (χ0n) is 11.3. The molecule has 0 atom stereocenters. The van der Waals surface area contributed by atoms with Gasteiger partial charge >= 0.3 is 0 Å². The molecule has 1 heterocycles. The minimum absolute atomic E-state index is 0.610. The highest BCUT2D eigenvalue weighted by molar-refractivity contribution is 5.94. The van der Waals surface area contributed by atoms with Gasteiger partial charge in [-0.1, -0.05) is 18.2 Å². The first kappa shape index (κ1) is 13.3. The molecule has 0 unspecified atom stereocenters. The number of para-hydroxylation sites is 1. The number of anilines is 1. The van der Waals surface area contributed by atoms with Gasteiger partial charge in [0, 0.05) is 38.9 Å². The number of hydrogen-bond acceptors (Lipinski definition) is 4. The monoisotopic (exact) mass is 255 g/mol. The average molecular weight is 255 g/mol. The maximum atomic E-state index is 9.26. The summed E-state index contributed by atoms with van der Waals surface area (Å²) in [5.74, 6) is 0. The minimum atomic E-state index is 0.610. The van der Waals surface area contributed by atoms with Crippen molar-refractivity contribution < 1.29 is 4.74 Å². The molecular formula is C15H17N3O. The number of fused-ring (bicyclic) bond motifs is 1. The Morgan fingerprint density at radius 1 is 1.37 bits per heavy atom. The van der Waals surface area contributed by atoms with Crippen LogP contribution >= 0.6 is 0 Å². The van der Waals surface area contributed by atoms with Crippen molar-refractivity contribution in [3.63, 3.8) is 0 Å². The van der Waals surface area contributed by atoms with Gasteiger partial charge in [-0.2, -0.15) is 5.26 Å². The van der Waals surface area contributed by atoms with E-state index in [2.05, 4.69) is 16.0 Å². The number of hydrogen-bond donors (Lipinski definition) is 0. The third-order valence-electron chi connectivity index (χ3n) is 3.09. The Bertz CT molecular complexity index is 604. The van der Waals surface area contributed by atoms with Gasteiger partial charge in [0.2, 0.25) is 0 Å². The number of nitrogens with zero attached hydrogens (tertiary/aromatic N) is 3. The lowest BCUT2D eigenvalue weighted by atomic mass is 10.1. The molecule has 0 spiro atoms. The molecule has 4 nitrogen and oxygen atoms in total. The lowest BCUT2D eigenvalue weighted by Gasteiger charge is -2.22. The number of aromatic nitrogens is 1. The van der Waals surface area contributed by atoms with Gasteiger partial charge in [-0.15, -0.1) is 0 Å². The smallest absolute Gasteiger partial charge is 0.103 e. The van der Waals surface area contributed by atoms with Crippen LogP contribution in [0.15, 0.2) is 30.5 Å². The van der Waals surface area contributed by atoms with Gasteiger partial charge in [-0.3, -0.25) is 4.98 Å². The fraction of sp³-hybridized carbons (Fsp3) is 0.333. The van der Waals surface area contributed by atoms with Crippen molar-refractivity contribution in [3.8, 4) is 6.07 Å². The van der Waals surface area contributed by atoms with Crippen molar-refractivity contribution in [1.82, 2.24) is 4.98 Å². The summed E-state index contributed by atoms with van der Waals surface area (Å²) in [5, 5.41) is 10.3. The van der Waals surface area contributed by atoms with Crippen LogP contribution in [0.5, 0.6) is 0 Å².